The largest absolute Gasteiger partial charge is 0.496 e. The van der Waals surface area contributed by atoms with Crippen LogP contribution < -0.4 is 14.8 Å². The van der Waals surface area contributed by atoms with Crippen molar-refractivity contribution in [1.29, 1.82) is 0 Å². The minimum atomic E-state index is -0.232. The summed E-state index contributed by atoms with van der Waals surface area (Å²) in [5.41, 5.74) is 1.13. The van der Waals surface area contributed by atoms with Crippen LogP contribution in [-0.2, 0) is 0 Å². The maximum Gasteiger partial charge on any atom is 0.259 e. The Balaban J connectivity index is 1.97. The molecule has 0 aliphatic carbocycles. The van der Waals surface area contributed by atoms with E-state index in [9.17, 15) is 4.79 Å². The maximum atomic E-state index is 12.7. The SMILES string of the molecule is CCOc1ccccc1NC(=O)c1cc2ccccc2cc1OC. The van der Waals surface area contributed by atoms with E-state index in [4.69, 9.17) is 9.47 Å². The number of carbonyl (C=O) groups excluding carboxylic acids is 1. The molecule has 24 heavy (non-hydrogen) atoms. The van der Waals surface area contributed by atoms with Crippen molar-refractivity contribution < 1.29 is 14.3 Å². The molecule has 0 saturated heterocycles. The second-order valence-corrected chi connectivity index (χ2v) is 5.28. The molecule has 0 aromatic heterocycles. The third-order valence-electron chi connectivity index (χ3n) is 3.75. The molecule has 3 rings (SSSR count). The van der Waals surface area contributed by atoms with E-state index in [0.717, 1.165) is 10.8 Å². The van der Waals surface area contributed by atoms with Crippen molar-refractivity contribution in [3.63, 3.8) is 0 Å². The van der Waals surface area contributed by atoms with Crippen LogP contribution in [0, 0.1) is 0 Å². The van der Waals surface area contributed by atoms with E-state index in [1.165, 1.54) is 0 Å². The fourth-order valence-corrected chi connectivity index (χ4v) is 2.61. The van der Waals surface area contributed by atoms with Crippen LogP contribution in [-0.4, -0.2) is 19.6 Å². The zero-order valence-corrected chi connectivity index (χ0v) is 13.7. The Morgan fingerprint density at radius 2 is 1.62 bits per heavy atom. The lowest BCUT2D eigenvalue weighted by Crippen LogP contribution is -2.14. The Hall–Kier alpha value is -3.01. The molecule has 1 N–H and O–H groups in total. The van der Waals surface area contributed by atoms with E-state index in [2.05, 4.69) is 5.32 Å². The van der Waals surface area contributed by atoms with Crippen LogP contribution in [0.3, 0.4) is 0 Å². The van der Waals surface area contributed by atoms with Gasteiger partial charge in [0.25, 0.3) is 5.91 Å². The fourth-order valence-electron chi connectivity index (χ4n) is 2.61. The van der Waals surface area contributed by atoms with Gasteiger partial charge in [0, 0.05) is 0 Å². The molecule has 0 aliphatic heterocycles. The van der Waals surface area contributed by atoms with Crippen molar-refractivity contribution in [1.82, 2.24) is 0 Å². The first-order chi connectivity index (χ1) is 11.7. The van der Waals surface area contributed by atoms with Crippen LogP contribution in [0.25, 0.3) is 10.8 Å². The molecule has 0 radical (unpaired) electrons. The number of benzene rings is 3. The van der Waals surface area contributed by atoms with E-state index >= 15 is 0 Å². The van der Waals surface area contributed by atoms with Crippen molar-refractivity contribution in [2.75, 3.05) is 19.0 Å². The normalized spacial score (nSPS) is 10.4. The van der Waals surface area contributed by atoms with Gasteiger partial charge in [-0.2, -0.15) is 0 Å². The minimum Gasteiger partial charge on any atom is -0.496 e. The average Bonchev–Trinajstić information content (AvgIpc) is 2.62. The molecule has 0 spiro atoms. The van der Waals surface area contributed by atoms with Crippen LogP contribution in [0.1, 0.15) is 17.3 Å². The zero-order valence-electron chi connectivity index (χ0n) is 13.7. The molecule has 1 amide bonds. The summed E-state index contributed by atoms with van der Waals surface area (Å²) in [6.07, 6.45) is 0. The Labute approximate surface area is 141 Å². The van der Waals surface area contributed by atoms with E-state index < -0.39 is 0 Å². The number of para-hydroxylation sites is 2. The van der Waals surface area contributed by atoms with E-state index in [-0.39, 0.29) is 5.91 Å². The summed E-state index contributed by atoms with van der Waals surface area (Å²) in [7, 11) is 1.56. The van der Waals surface area contributed by atoms with Gasteiger partial charge in [-0.25, -0.2) is 0 Å². The molecule has 3 aromatic carbocycles. The Morgan fingerprint density at radius 1 is 0.958 bits per heavy atom. The Bertz CT molecular complexity index is 874. The molecule has 0 bridgehead atoms. The van der Waals surface area contributed by atoms with Gasteiger partial charge in [-0.3, -0.25) is 4.79 Å². The maximum absolute atomic E-state index is 12.7. The van der Waals surface area contributed by atoms with Gasteiger partial charge in [0.1, 0.15) is 11.5 Å². The topological polar surface area (TPSA) is 47.6 Å². The van der Waals surface area contributed by atoms with E-state index in [0.29, 0.717) is 29.4 Å². The molecular formula is C20H19NO3. The van der Waals surface area contributed by atoms with Crippen molar-refractivity contribution in [3.05, 3.63) is 66.2 Å². The average molecular weight is 321 g/mol. The lowest BCUT2D eigenvalue weighted by Gasteiger charge is -2.13. The van der Waals surface area contributed by atoms with Gasteiger partial charge in [0.15, 0.2) is 0 Å². The molecule has 0 fully saturated rings. The number of hydrogen-bond donors (Lipinski definition) is 1. The van der Waals surface area contributed by atoms with Gasteiger partial charge in [-0.1, -0.05) is 36.4 Å². The lowest BCUT2D eigenvalue weighted by molar-refractivity contribution is 0.102. The van der Waals surface area contributed by atoms with Gasteiger partial charge in [-0.05, 0) is 42.0 Å². The molecule has 0 atom stereocenters. The van der Waals surface area contributed by atoms with Gasteiger partial charge in [-0.15, -0.1) is 0 Å². The summed E-state index contributed by atoms with van der Waals surface area (Å²) in [5.74, 6) is 0.956. The monoisotopic (exact) mass is 321 g/mol. The highest BCUT2D eigenvalue weighted by molar-refractivity contribution is 6.09. The number of anilines is 1. The van der Waals surface area contributed by atoms with Crippen molar-refractivity contribution >= 4 is 22.4 Å². The molecule has 4 heteroatoms. The molecule has 0 unspecified atom stereocenters. The minimum absolute atomic E-state index is 0.232. The van der Waals surface area contributed by atoms with Crippen LogP contribution in [0.5, 0.6) is 11.5 Å². The number of fused-ring (bicyclic) bond motifs is 1. The van der Waals surface area contributed by atoms with Crippen molar-refractivity contribution in [3.8, 4) is 11.5 Å². The zero-order chi connectivity index (χ0) is 16.9. The summed E-state index contributed by atoms with van der Waals surface area (Å²) >= 11 is 0. The third-order valence-corrected chi connectivity index (χ3v) is 3.75. The summed E-state index contributed by atoms with van der Waals surface area (Å²) in [6.45, 7) is 2.44. The van der Waals surface area contributed by atoms with Crippen molar-refractivity contribution in [2.24, 2.45) is 0 Å². The standard InChI is InChI=1S/C20H19NO3/c1-3-24-18-11-7-6-10-17(18)21-20(22)16-12-14-8-4-5-9-15(14)13-19(16)23-2/h4-13H,3H2,1-2H3,(H,21,22). The summed E-state index contributed by atoms with van der Waals surface area (Å²) in [5, 5.41) is 4.92. The van der Waals surface area contributed by atoms with E-state index in [1.54, 1.807) is 7.11 Å². The summed E-state index contributed by atoms with van der Waals surface area (Å²) in [4.78, 5) is 12.7. The fraction of sp³-hybridized carbons (Fsp3) is 0.150. The number of hydrogen-bond acceptors (Lipinski definition) is 3. The summed E-state index contributed by atoms with van der Waals surface area (Å²) in [6, 6.07) is 19.0. The molecule has 3 aromatic rings. The van der Waals surface area contributed by atoms with Crippen LogP contribution in [0.4, 0.5) is 5.69 Å². The van der Waals surface area contributed by atoms with E-state index in [1.807, 2.05) is 67.6 Å². The molecule has 4 nitrogen and oxygen atoms in total. The number of methoxy groups -OCH3 is 1. The predicted molar refractivity (Wildman–Crippen MR) is 96.1 cm³/mol. The molecule has 122 valence electrons. The first kappa shape index (κ1) is 15.9. The first-order valence-corrected chi connectivity index (χ1v) is 7.83. The highest BCUT2D eigenvalue weighted by Crippen LogP contribution is 2.29. The number of amides is 1. The van der Waals surface area contributed by atoms with Gasteiger partial charge in [0.05, 0.1) is 25.0 Å². The summed E-state index contributed by atoms with van der Waals surface area (Å²) < 4.78 is 11.0. The second kappa shape index (κ2) is 7.04. The number of rotatable bonds is 5. The number of nitrogens with one attached hydrogen (secondary N) is 1. The molecule has 0 heterocycles. The lowest BCUT2D eigenvalue weighted by atomic mass is 10.1. The van der Waals surface area contributed by atoms with Gasteiger partial charge >= 0.3 is 0 Å². The number of ether oxygens (including phenoxy) is 2. The second-order valence-electron chi connectivity index (χ2n) is 5.28. The quantitative estimate of drug-likeness (QED) is 0.752. The predicted octanol–water partition coefficient (Wildman–Crippen LogP) is 4.50. The molecule has 0 saturated carbocycles. The van der Waals surface area contributed by atoms with Crippen molar-refractivity contribution in [2.45, 2.75) is 6.92 Å². The highest BCUT2D eigenvalue weighted by Gasteiger charge is 2.15. The van der Waals surface area contributed by atoms with Gasteiger partial charge in [0.2, 0.25) is 0 Å². The number of carbonyl (C=O) groups is 1. The van der Waals surface area contributed by atoms with Gasteiger partial charge < -0.3 is 14.8 Å². The smallest absolute Gasteiger partial charge is 0.259 e. The van der Waals surface area contributed by atoms with Crippen LogP contribution in [0.15, 0.2) is 60.7 Å². The molecular weight excluding hydrogens is 302 g/mol. The molecule has 0 aliphatic rings. The van der Waals surface area contributed by atoms with Crippen LogP contribution in [0.2, 0.25) is 0 Å². The third kappa shape index (κ3) is 3.18. The first-order valence-electron chi connectivity index (χ1n) is 7.83. The Morgan fingerprint density at radius 3 is 2.33 bits per heavy atom. The van der Waals surface area contributed by atoms with Crippen LogP contribution >= 0.6 is 0 Å². The Kier molecular flexibility index (Phi) is 4.66. The highest BCUT2D eigenvalue weighted by atomic mass is 16.5.